The summed E-state index contributed by atoms with van der Waals surface area (Å²) in [6.45, 7) is 2.73. The van der Waals surface area contributed by atoms with Gasteiger partial charge in [0.25, 0.3) is 0 Å². The van der Waals surface area contributed by atoms with Crippen LogP contribution in [0.15, 0.2) is 6.07 Å². The zero-order chi connectivity index (χ0) is 14.1. The summed E-state index contributed by atoms with van der Waals surface area (Å²) in [5.74, 6) is -1.07. The number of hydrogen-bond acceptors (Lipinski definition) is 3. The zero-order valence-electron chi connectivity index (χ0n) is 10.5. The van der Waals surface area contributed by atoms with Crippen LogP contribution in [0.25, 0.3) is 0 Å². The zero-order valence-corrected chi connectivity index (χ0v) is 11.3. The van der Waals surface area contributed by atoms with Crippen molar-refractivity contribution < 1.29 is 13.2 Å². The number of hydrogen-bond donors (Lipinski definition) is 1. The molecule has 0 aromatic carbocycles. The van der Waals surface area contributed by atoms with Gasteiger partial charge in [0.1, 0.15) is 11.0 Å². The van der Waals surface area contributed by atoms with E-state index in [1.54, 1.807) is 0 Å². The molecule has 1 heterocycles. The molecule has 3 nitrogen and oxygen atoms in total. The van der Waals surface area contributed by atoms with Crippen molar-refractivity contribution in [3.63, 3.8) is 0 Å². The molecule has 2 rings (SSSR count). The van der Waals surface area contributed by atoms with E-state index in [0.29, 0.717) is 6.54 Å². The summed E-state index contributed by atoms with van der Waals surface area (Å²) in [6, 6.07) is 1.32. The van der Waals surface area contributed by atoms with E-state index >= 15 is 0 Å². The van der Waals surface area contributed by atoms with Crippen molar-refractivity contribution in [2.45, 2.75) is 38.8 Å². The standard InChI is InChI=1S/C12H15ClF3N3/c1-2-3-11(4-5-11)7-17-9-6-8(13)18-10(19-9)12(14,15)16/h6H,2-5,7H2,1H3,(H,17,18,19). The first-order chi connectivity index (χ1) is 8.85. The predicted molar refractivity (Wildman–Crippen MR) is 67.1 cm³/mol. The van der Waals surface area contributed by atoms with Crippen LogP contribution < -0.4 is 5.32 Å². The first-order valence-electron chi connectivity index (χ1n) is 6.20. The lowest BCUT2D eigenvalue weighted by Crippen LogP contribution is -2.18. The minimum Gasteiger partial charge on any atom is -0.369 e. The highest BCUT2D eigenvalue weighted by molar-refractivity contribution is 6.29. The molecule has 1 N–H and O–H groups in total. The molecule has 0 amide bonds. The Morgan fingerprint density at radius 1 is 1.37 bits per heavy atom. The van der Waals surface area contributed by atoms with E-state index in [1.165, 1.54) is 6.07 Å². The molecule has 1 aliphatic carbocycles. The van der Waals surface area contributed by atoms with Gasteiger partial charge >= 0.3 is 6.18 Å². The second-order valence-corrected chi connectivity index (χ2v) is 5.39. The van der Waals surface area contributed by atoms with Crippen molar-refractivity contribution >= 4 is 17.4 Å². The van der Waals surface area contributed by atoms with E-state index in [2.05, 4.69) is 22.2 Å². The van der Waals surface area contributed by atoms with Crippen LogP contribution >= 0.6 is 11.6 Å². The third-order valence-corrected chi connectivity index (χ3v) is 3.52. The van der Waals surface area contributed by atoms with Crippen LogP contribution in [0.4, 0.5) is 19.0 Å². The Kier molecular flexibility index (Phi) is 3.90. The molecule has 1 aliphatic rings. The lowest BCUT2D eigenvalue weighted by molar-refractivity contribution is -0.144. The molecular weight excluding hydrogens is 279 g/mol. The van der Waals surface area contributed by atoms with Gasteiger partial charge in [0, 0.05) is 12.6 Å². The molecule has 19 heavy (non-hydrogen) atoms. The van der Waals surface area contributed by atoms with Crippen LogP contribution in [-0.4, -0.2) is 16.5 Å². The fraction of sp³-hybridized carbons (Fsp3) is 0.667. The maximum absolute atomic E-state index is 12.5. The average molecular weight is 294 g/mol. The second kappa shape index (κ2) is 5.15. The highest BCUT2D eigenvalue weighted by Gasteiger charge is 2.41. The van der Waals surface area contributed by atoms with Gasteiger partial charge in [-0.25, -0.2) is 9.97 Å². The maximum Gasteiger partial charge on any atom is 0.451 e. The van der Waals surface area contributed by atoms with Crippen LogP contribution in [-0.2, 0) is 6.18 Å². The van der Waals surface area contributed by atoms with Crippen molar-refractivity contribution in [3.8, 4) is 0 Å². The van der Waals surface area contributed by atoms with Gasteiger partial charge in [-0.2, -0.15) is 13.2 Å². The van der Waals surface area contributed by atoms with Crippen LogP contribution in [0.5, 0.6) is 0 Å². The summed E-state index contributed by atoms with van der Waals surface area (Å²) in [7, 11) is 0. The number of nitrogens with zero attached hydrogens (tertiary/aromatic N) is 2. The molecule has 7 heteroatoms. The Bertz CT molecular complexity index is 458. The maximum atomic E-state index is 12.5. The highest BCUT2D eigenvalue weighted by atomic mass is 35.5. The largest absolute Gasteiger partial charge is 0.451 e. The molecule has 1 saturated carbocycles. The molecule has 0 bridgehead atoms. The average Bonchev–Trinajstić information content (AvgIpc) is 3.06. The SMILES string of the molecule is CCCC1(CNc2cc(Cl)nc(C(F)(F)F)n2)CC1. The summed E-state index contributed by atoms with van der Waals surface area (Å²) >= 11 is 5.59. The molecule has 106 valence electrons. The molecule has 0 saturated heterocycles. The van der Waals surface area contributed by atoms with E-state index in [0.717, 1.165) is 25.7 Å². The Labute approximate surface area is 114 Å². The van der Waals surface area contributed by atoms with Crippen molar-refractivity contribution in [1.29, 1.82) is 0 Å². The summed E-state index contributed by atoms with van der Waals surface area (Å²) in [4.78, 5) is 6.65. The molecule has 1 aromatic rings. The Hall–Kier alpha value is -1.04. The van der Waals surface area contributed by atoms with Gasteiger partial charge < -0.3 is 5.32 Å². The summed E-state index contributed by atoms with van der Waals surface area (Å²) in [5, 5.41) is 2.75. The summed E-state index contributed by atoms with van der Waals surface area (Å²) in [6.07, 6.45) is -0.218. The molecule has 0 aliphatic heterocycles. The Morgan fingerprint density at radius 3 is 2.58 bits per heavy atom. The lowest BCUT2D eigenvalue weighted by Gasteiger charge is -2.16. The smallest absolute Gasteiger partial charge is 0.369 e. The lowest BCUT2D eigenvalue weighted by atomic mass is 10.0. The number of rotatable bonds is 5. The van der Waals surface area contributed by atoms with Crippen molar-refractivity contribution in [1.82, 2.24) is 9.97 Å². The quantitative estimate of drug-likeness (QED) is 0.829. The normalized spacial score (nSPS) is 17.3. The second-order valence-electron chi connectivity index (χ2n) is 5.00. The fourth-order valence-electron chi connectivity index (χ4n) is 2.14. The van der Waals surface area contributed by atoms with E-state index in [-0.39, 0.29) is 16.4 Å². The highest BCUT2D eigenvalue weighted by Crippen LogP contribution is 2.49. The van der Waals surface area contributed by atoms with E-state index in [4.69, 9.17) is 11.6 Å². The number of nitrogens with one attached hydrogen (secondary N) is 1. The molecular formula is C12H15ClF3N3. The van der Waals surface area contributed by atoms with Crippen LogP contribution in [0, 0.1) is 5.41 Å². The molecule has 0 unspecified atom stereocenters. The Morgan fingerprint density at radius 2 is 2.05 bits per heavy atom. The van der Waals surface area contributed by atoms with Gasteiger partial charge in [-0.1, -0.05) is 24.9 Å². The molecule has 0 atom stereocenters. The molecule has 0 spiro atoms. The monoisotopic (exact) mass is 293 g/mol. The topological polar surface area (TPSA) is 37.8 Å². The minimum atomic E-state index is -4.58. The fourth-order valence-corrected chi connectivity index (χ4v) is 2.32. The number of anilines is 1. The molecule has 1 fully saturated rings. The minimum absolute atomic E-state index is 0.134. The Balaban J connectivity index is 2.06. The van der Waals surface area contributed by atoms with Gasteiger partial charge in [-0.15, -0.1) is 0 Å². The van der Waals surface area contributed by atoms with E-state index in [1.807, 2.05) is 0 Å². The predicted octanol–water partition coefficient (Wildman–Crippen LogP) is 4.14. The van der Waals surface area contributed by atoms with Crippen LogP contribution in [0.1, 0.15) is 38.4 Å². The van der Waals surface area contributed by atoms with Gasteiger partial charge in [0.15, 0.2) is 0 Å². The number of aromatic nitrogens is 2. The van der Waals surface area contributed by atoms with Gasteiger partial charge in [0.05, 0.1) is 0 Å². The van der Waals surface area contributed by atoms with Crippen molar-refractivity contribution in [3.05, 3.63) is 17.0 Å². The first kappa shape index (κ1) is 14.4. The molecule has 0 radical (unpaired) electrons. The third kappa shape index (κ3) is 3.72. The van der Waals surface area contributed by atoms with Crippen molar-refractivity contribution in [2.75, 3.05) is 11.9 Å². The summed E-state index contributed by atoms with van der Waals surface area (Å²) < 4.78 is 37.6. The summed E-state index contributed by atoms with van der Waals surface area (Å²) in [5.41, 5.74) is 0.227. The first-order valence-corrected chi connectivity index (χ1v) is 6.58. The third-order valence-electron chi connectivity index (χ3n) is 3.33. The number of halogens is 4. The van der Waals surface area contributed by atoms with Gasteiger partial charge in [0.2, 0.25) is 5.82 Å². The van der Waals surface area contributed by atoms with E-state index in [9.17, 15) is 13.2 Å². The van der Waals surface area contributed by atoms with Gasteiger partial charge in [-0.3, -0.25) is 0 Å². The van der Waals surface area contributed by atoms with E-state index < -0.39 is 12.0 Å². The van der Waals surface area contributed by atoms with Crippen LogP contribution in [0.3, 0.4) is 0 Å². The van der Waals surface area contributed by atoms with Crippen molar-refractivity contribution in [2.24, 2.45) is 5.41 Å². The van der Waals surface area contributed by atoms with Crippen LogP contribution in [0.2, 0.25) is 5.15 Å². The molecule has 1 aromatic heterocycles. The number of alkyl halides is 3. The van der Waals surface area contributed by atoms with Gasteiger partial charge in [-0.05, 0) is 24.7 Å².